The fourth-order valence-electron chi connectivity index (χ4n) is 3.46. The number of rotatable bonds is 13. The summed E-state index contributed by atoms with van der Waals surface area (Å²) in [6.07, 6.45) is 2.23. The molecule has 1 unspecified atom stereocenters. The number of hydrogen-bond donors (Lipinski definition) is 2. The maximum atomic E-state index is 12.5. The molecule has 1 aliphatic rings. The summed E-state index contributed by atoms with van der Waals surface area (Å²) in [4.78, 5) is 58.1. The lowest BCUT2D eigenvalue weighted by Gasteiger charge is -2.14. The minimum Gasteiger partial charge on any atom is -0.350 e. The minimum absolute atomic E-state index is 0.0291. The van der Waals surface area contributed by atoms with E-state index < -0.39 is 37.4 Å². The van der Waals surface area contributed by atoms with E-state index in [0.29, 0.717) is 25.7 Å². The van der Waals surface area contributed by atoms with Crippen LogP contribution in [0.25, 0.3) is 0 Å². The summed E-state index contributed by atoms with van der Waals surface area (Å²) in [5.41, 5.74) is -0.891. The molecule has 1 saturated heterocycles. The monoisotopic (exact) mass is 496 g/mol. The van der Waals surface area contributed by atoms with Gasteiger partial charge in [-0.1, -0.05) is 13.3 Å². The van der Waals surface area contributed by atoms with Crippen molar-refractivity contribution in [2.24, 2.45) is 5.92 Å². The molecule has 2 rings (SSSR count). The van der Waals surface area contributed by atoms with E-state index in [1.807, 2.05) is 0 Å². The molecule has 0 bridgehead atoms. The first-order valence-corrected chi connectivity index (χ1v) is 12.3. The third kappa shape index (κ3) is 7.15. The fourth-order valence-corrected chi connectivity index (χ4v) is 4.68. The number of nitro benzene ring substituents is 1. The number of benzene rings is 1. The van der Waals surface area contributed by atoms with Crippen molar-refractivity contribution in [3.05, 3.63) is 33.9 Å². The van der Waals surface area contributed by atoms with Crippen molar-refractivity contribution in [2.75, 3.05) is 19.6 Å². The van der Waals surface area contributed by atoms with Gasteiger partial charge in [-0.15, -0.1) is 0 Å². The number of unbranched alkanes of at least 4 members (excludes halogenated alkanes) is 2. The number of sulfonamides is 1. The van der Waals surface area contributed by atoms with Gasteiger partial charge in [0.2, 0.25) is 21.8 Å². The number of carbonyl (C=O) groups is 4. The van der Waals surface area contributed by atoms with E-state index in [4.69, 9.17) is 0 Å². The van der Waals surface area contributed by atoms with Gasteiger partial charge in [0.1, 0.15) is 5.78 Å². The molecule has 12 nitrogen and oxygen atoms in total. The van der Waals surface area contributed by atoms with Crippen LogP contribution in [-0.4, -0.2) is 61.4 Å². The summed E-state index contributed by atoms with van der Waals surface area (Å²) in [6, 6.07) is 3.00. The van der Waals surface area contributed by atoms with Gasteiger partial charge < -0.3 is 10.1 Å². The third-order valence-corrected chi connectivity index (χ3v) is 6.80. The highest BCUT2D eigenvalue weighted by Crippen LogP contribution is 2.25. The first kappa shape index (κ1) is 27.1. The number of likely N-dealkylation sites (tertiary alicyclic amines) is 1. The van der Waals surface area contributed by atoms with Crippen LogP contribution in [0.15, 0.2) is 23.1 Å². The molecule has 1 heterocycles. The van der Waals surface area contributed by atoms with Gasteiger partial charge in [-0.25, -0.2) is 13.1 Å². The number of amides is 3. The highest BCUT2D eigenvalue weighted by atomic mass is 32.2. The zero-order chi connectivity index (χ0) is 25.5. The molecule has 0 aromatic heterocycles. The number of nitrogens with one attached hydrogen (secondary N) is 2. The maximum absolute atomic E-state index is 12.5. The van der Waals surface area contributed by atoms with Crippen LogP contribution < -0.4 is 10.0 Å². The van der Waals surface area contributed by atoms with E-state index in [-0.39, 0.29) is 49.2 Å². The largest absolute Gasteiger partial charge is 0.350 e. The van der Waals surface area contributed by atoms with Crippen molar-refractivity contribution < 1.29 is 32.5 Å². The summed E-state index contributed by atoms with van der Waals surface area (Å²) in [6.45, 7) is 3.07. The Morgan fingerprint density at radius 1 is 1.18 bits per heavy atom. The Morgan fingerprint density at radius 2 is 1.88 bits per heavy atom. The zero-order valence-corrected chi connectivity index (χ0v) is 19.9. The number of Topliss-reactive ketones (excluding diaryl/α,β-unsaturated/α-hetero) is 1. The van der Waals surface area contributed by atoms with Gasteiger partial charge in [0, 0.05) is 50.0 Å². The summed E-state index contributed by atoms with van der Waals surface area (Å²) in [5.74, 6) is -1.72. The molecular formula is C21H28N4O8S. The van der Waals surface area contributed by atoms with E-state index in [1.54, 1.807) is 6.92 Å². The Labute approximate surface area is 197 Å². The van der Waals surface area contributed by atoms with E-state index in [9.17, 15) is 37.7 Å². The topological polar surface area (TPSA) is 173 Å². The first-order valence-electron chi connectivity index (χ1n) is 10.8. The Morgan fingerprint density at radius 3 is 2.47 bits per heavy atom. The van der Waals surface area contributed by atoms with Crippen molar-refractivity contribution in [1.82, 2.24) is 14.9 Å². The summed E-state index contributed by atoms with van der Waals surface area (Å²) in [7, 11) is -4.20. The number of nitrogens with zero attached hydrogens (tertiary/aromatic N) is 2. The predicted molar refractivity (Wildman–Crippen MR) is 120 cm³/mol. The van der Waals surface area contributed by atoms with E-state index in [2.05, 4.69) is 10.0 Å². The highest BCUT2D eigenvalue weighted by molar-refractivity contribution is 7.89. The van der Waals surface area contributed by atoms with E-state index >= 15 is 0 Å². The normalized spacial score (nSPS) is 16.1. The highest BCUT2D eigenvalue weighted by Gasteiger charge is 2.35. The van der Waals surface area contributed by atoms with Gasteiger partial charge >= 0.3 is 0 Å². The van der Waals surface area contributed by atoms with E-state index in [1.165, 1.54) is 6.92 Å². The van der Waals surface area contributed by atoms with Gasteiger partial charge in [0.15, 0.2) is 4.90 Å². The molecule has 34 heavy (non-hydrogen) atoms. The van der Waals surface area contributed by atoms with Gasteiger partial charge in [0.25, 0.3) is 11.6 Å². The molecule has 186 valence electrons. The van der Waals surface area contributed by atoms with Crippen LogP contribution in [0.5, 0.6) is 0 Å². The van der Waals surface area contributed by atoms with Crippen molar-refractivity contribution in [3.8, 4) is 0 Å². The SMILES string of the molecule is CC(=O)CCCCCNS(=O)(=O)c1ccc(C(=O)NCCN2C(=O)CC(C)C2=O)cc1[N+](=O)[O-]. The van der Waals surface area contributed by atoms with Crippen molar-refractivity contribution in [1.29, 1.82) is 0 Å². The molecule has 0 saturated carbocycles. The second-order valence-electron chi connectivity index (χ2n) is 8.09. The van der Waals surface area contributed by atoms with Crippen LogP contribution >= 0.6 is 0 Å². The van der Waals surface area contributed by atoms with Crippen molar-refractivity contribution in [2.45, 2.75) is 50.8 Å². The summed E-state index contributed by atoms with van der Waals surface area (Å²) >= 11 is 0. The predicted octanol–water partition coefficient (Wildman–Crippen LogP) is 1.15. The minimum atomic E-state index is -4.20. The number of nitro groups is 1. The van der Waals surface area contributed by atoms with Gasteiger partial charge in [-0.2, -0.15) is 0 Å². The number of carbonyl (C=O) groups excluding carboxylic acids is 4. The van der Waals surface area contributed by atoms with Crippen molar-refractivity contribution in [3.63, 3.8) is 0 Å². The Balaban J connectivity index is 2.00. The first-order chi connectivity index (χ1) is 15.9. The van der Waals surface area contributed by atoms with E-state index in [0.717, 1.165) is 23.1 Å². The molecule has 1 fully saturated rings. The Bertz CT molecular complexity index is 1090. The second-order valence-corrected chi connectivity index (χ2v) is 9.83. The molecule has 0 radical (unpaired) electrons. The van der Waals surface area contributed by atoms with Crippen LogP contribution in [0.4, 0.5) is 5.69 Å². The third-order valence-electron chi connectivity index (χ3n) is 5.30. The lowest BCUT2D eigenvalue weighted by Crippen LogP contribution is -2.38. The van der Waals surface area contributed by atoms with Crippen LogP contribution in [-0.2, 0) is 24.4 Å². The summed E-state index contributed by atoms with van der Waals surface area (Å²) < 4.78 is 27.4. The van der Waals surface area contributed by atoms with Crippen LogP contribution in [0, 0.1) is 16.0 Å². The Hall–Kier alpha value is -3.19. The molecule has 1 atom stereocenters. The van der Waals surface area contributed by atoms with Crippen LogP contribution in [0.3, 0.4) is 0 Å². The summed E-state index contributed by atoms with van der Waals surface area (Å²) in [5, 5.41) is 14.0. The molecule has 0 aliphatic carbocycles. The maximum Gasteiger partial charge on any atom is 0.290 e. The molecule has 13 heteroatoms. The van der Waals surface area contributed by atoms with Gasteiger partial charge in [-0.3, -0.25) is 29.4 Å². The van der Waals surface area contributed by atoms with Gasteiger partial charge in [-0.05, 0) is 31.9 Å². The number of hydrogen-bond acceptors (Lipinski definition) is 8. The smallest absolute Gasteiger partial charge is 0.290 e. The van der Waals surface area contributed by atoms with Crippen molar-refractivity contribution >= 4 is 39.2 Å². The van der Waals surface area contributed by atoms with Gasteiger partial charge in [0.05, 0.1) is 4.92 Å². The standard InChI is InChI=1S/C21H28N4O8S/c1-14-12-19(27)24(21(14)29)11-10-22-20(28)16-7-8-18(17(13-16)25(30)31)34(32,33)23-9-5-3-4-6-15(2)26/h7-8,13-14,23H,3-6,9-12H2,1-2H3,(H,22,28). The molecule has 1 aromatic carbocycles. The average Bonchev–Trinajstić information content (AvgIpc) is 3.01. The second kappa shape index (κ2) is 11.8. The molecule has 3 amide bonds. The quantitative estimate of drug-likeness (QED) is 0.177. The lowest BCUT2D eigenvalue weighted by atomic mass is 10.1. The van der Waals surface area contributed by atoms with Crippen LogP contribution in [0.2, 0.25) is 0 Å². The molecule has 0 spiro atoms. The fraction of sp³-hybridized carbons (Fsp3) is 0.524. The zero-order valence-electron chi connectivity index (χ0n) is 19.0. The average molecular weight is 497 g/mol. The molecule has 1 aliphatic heterocycles. The number of ketones is 1. The molecule has 1 aromatic rings. The number of imide groups is 1. The lowest BCUT2D eigenvalue weighted by molar-refractivity contribution is -0.387. The van der Waals surface area contributed by atoms with Crippen LogP contribution in [0.1, 0.15) is 56.3 Å². The Kier molecular flexibility index (Phi) is 9.38. The molecule has 2 N–H and O–H groups in total. The molecular weight excluding hydrogens is 468 g/mol.